The first kappa shape index (κ1) is 10.9. The lowest BCUT2D eigenvalue weighted by atomic mass is 10.2. The lowest BCUT2D eigenvalue weighted by Gasteiger charge is -1.98. The second kappa shape index (κ2) is 5.55. The Kier molecular flexibility index (Phi) is 5.04. The number of ether oxygens (including phenoxy) is 2. The van der Waals surface area contributed by atoms with Crippen molar-refractivity contribution >= 4 is 5.97 Å². The van der Waals surface area contributed by atoms with Crippen molar-refractivity contribution in [3.63, 3.8) is 0 Å². The standard InChI is InChI=1S/C7H10O3.C2H4/c1-5(7(8)9-2)3-6-4-10-6;1-2/h6H,1,3-4H2,2H3;1-2H2. The number of epoxide rings is 1. The molecule has 12 heavy (non-hydrogen) atoms. The highest BCUT2D eigenvalue weighted by Gasteiger charge is 2.25. The maximum Gasteiger partial charge on any atom is 0.333 e. The largest absolute Gasteiger partial charge is 0.466 e. The fourth-order valence-electron chi connectivity index (χ4n) is 0.688. The number of methoxy groups -OCH3 is 1. The number of hydrogen-bond acceptors (Lipinski definition) is 3. The van der Waals surface area contributed by atoms with Crippen LogP contribution in [0.3, 0.4) is 0 Å². The normalized spacial score (nSPS) is 18.6. The first-order valence-electron chi connectivity index (χ1n) is 3.61. The second-order valence-corrected chi connectivity index (χ2v) is 2.25. The molecule has 0 aliphatic carbocycles. The van der Waals surface area contributed by atoms with E-state index < -0.39 is 0 Å². The maximum atomic E-state index is 10.7. The Bertz CT molecular complexity index is 171. The average Bonchev–Trinajstić information content (AvgIpc) is 2.90. The predicted molar refractivity (Wildman–Crippen MR) is 46.8 cm³/mol. The van der Waals surface area contributed by atoms with Crippen molar-refractivity contribution < 1.29 is 14.3 Å². The molecule has 1 aliphatic rings. The van der Waals surface area contributed by atoms with Crippen LogP contribution in [0, 0.1) is 0 Å². The molecule has 0 aromatic heterocycles. The highest BCUT2D eigenvalue weighted by molar-refractivity contribution is 5.87. The minimum atomic E-state index is -0.337. The van der Waals surface area contributed by atoms with Gasteiger partial charge < -0.3 is 9.47 Å². The van der Waals surface area contributed by atoms with Gasteiger partial charge in [0.05, 0.1) is 19.8 Å². The van der Waals surface area contributed by atoms with Gasteiger partial charge in [-0.1, -0.05) is 6.58 Å². The number of carbonyl (C=O) groups excluding carboxylic acids is 1. The Morgan fingerprint density at radius 2 is 2.17 bits per heavy atom. The molecule has 1 aliphatic heterocycles. The van der Waals surface area contributed by atoms with Gasteiger partial charge in [-0.15, -0.1) is 13.2 Å². The van der Waals surface area contributed by atoms with E-state index in [0.29, 0.717) is 12.0 Å². The van der Waals surface area contributed by atoms with Crippen LogP contribution in [0.5, 0.6) is 0 Å². The molecule has 1 saturated heterocycles. The van der Waals surface area contributed by atoms with E-state index in [9.17, 15) is 4.79 Å². The Morgan fingerprint density at radius 1 is 1.67 bits per heavy atom. The molecular formula is C9H14O3. The zero-order valence-corrected chi connectivity index (χ0v) is 7.34. The SMILES string of the molecule is C=C.C=C(CC1CO1)C(=O)OC. The third-order valence-corrected chi connectivity index (χ3v) is 1.35. The van der Waals surface area contributed by atoms with Crippen molar-refractivity contribution in [1.82, 2.24) is 0 Å². The number of carbonyl (C=O) groups is 1. The van der Waals surface area contributed by atoms with E-state index in [-0.39, 0.29) is 12.1 Å². The molecule has 0 saturated carbocycles. The Balaban J connectivity index is 0.000000561. The molecular weight excluding hydrogens is 156 g/mol. The lowest BCUT2D eigenvalue weighted by Crippen LogP contribution is -2.05. The average molecular weight is 170 g/mol. The molecule has 0 bridgehead atoms. The first-order valence-corrected chi connectivity index (χ1v) is 3.61. The van der Waals surface area contributed by atoms with E-state index in [0.717, 1.165) is 6.61 Å². The summed E-state index contributed by atoms with van der Waals surface area (Å²) < 4.78 is 9.35. The second-order valence-electron chi connectivity index (χ2n) is 2.25. The minimum Gasteiger partial charge on any atom is -0.466 e. The van der Waals surface area contributed by atoms with Crippen LogP contribution in [0.15, 0.2) is 25.3 Å². The first-order chi connectivity index (χ1) is 5.74. The van der Waals surface area contributed by atoms with Gasteiger partial charge in [0.15, 0.2) is 0 Å². The van der Waals surface area contributed by atoms with Gasteiger partial charge >= 0.3 is 5.97 Å². The van der Waals surface area contributed by atoms with Crippen molar-refractivity contribution in [2.75, 3.05) is 13.7 Å². The van der Waals surface area contributed by atoms with Crippen molar-refractivity contribution in [2.45, 2.75) is 12.5 Å². The number of rotatable bonds is 3. The highest BCUT2D eigenvalue weighted by atomic mass is 16.6. The highest BCUT2D eigenvalue weighted by Crippen LogP contribution is 2.18. The Hall–Kier alpha value is -1.09. The summed E-state index contributed by atoms with van der Waals surface area (Å²) in [6, 6.07) is 0. The molecule has 1 unspecified atom stereocenters. The van der Waals surface area contributed by atoms with Gasteiger partial charge in [-0.25, -0.2) is 4.79 Å². The number of esters is 1. The van der Waals surface area contributed by atoms with Crippen LogP contribution in [0.4, 0.5) is 0 Å². The van der Waals surface area contributed by atoms with Gasteiger partial charge in [0, 0.05) is 12.0 Å². The van der Waals surface area contributed by atoms with E-state index in [4.69, 9.17) is 4.74 Å². The monoisotopic (exact) mass is 170 g/mol. The molecule has 0 amide bonds. The van der Waals surface area contributed by atoms with E-state index in [1.807, 2.05) is 0 Å². The molecule has 0 aromatic carbocycles. The van der Waals surface area contributed by atoms with Crippen molar-refractivity contribution in [1.29, 1.82) is 0 Å². The van der Waals surface area contributed by atoms with Gasteiger partial charge in [-0.3, -0.25) is 0 Å². The maximum absolute atomic E-state index is 10.7. The molecule has 0 N–H and O–H groups in total. The molecule has 1 heterocycles. The Labute approximate surface area is 72.7 Å². The molecule has 1 atom stereocenters. The van der Waals surface area contributed by atoms with Crippen LogP contribution in [-0.4, -0.2) is 25.8 Å². The van der Waals surface area contributed by atoms with Gasteiger partial charge in [-0.05, 0) is 0 Å². The summed E-state index contributed by atoms with van der Waals surface area (Å²) in [5.74, 6) is -0.337. The summed E-state index contributed by atoms with van der Waals surface area (Å²) in [6.45, 7) is 10.3. The summed E-state index contributed by atoms with van der Waals surface area (Å²) in [7, 11) is 1.35. The molecule has 3 heteroatoms. The zero-order valence-electron chi connectivity index (χ0n) is 7.34. The summed E-state index contributed by atoms with van der Waals surface area (Å²) in [4.78, 5) is 10.7. The van der Waals surface area contributed by atoms with E-state index >= 15 is 0 Å². The van der Waals surface area contributed by atoms with Gasteiger partial charge in [-0.2, -0.15) is 0 Å². The van der Waals surface area contributed by atoms with Crippen LogP contribution in [0.2, 0.25) is 0 Å². The van der Waals surface area contributed by atoms with Gasteiger partial charge in [0.2, 0.25) is 0 Å². The molecule has 3 nitrogen and oxygen atoms in total. The minimum absolute atomic E-state index is 0.214. The topological polar surface area (TPSA) is 38.8 Å². The molecule has 68 valence electrons. The van der Waals surface area contributed by atoms with Crippen LogP contribution in [0.25, 0.3) is 0 Å². The molecule has 0 aromatic rings. The summed E-state index contributed by atoms with van der Waals surface area (Å²) in [5, 5.41) is 0. The zero-order chi connectivity index (χ0) is 9.56. The summed E-state index contributed by atoms with van der Waals surface area (Å²) >= 11 is 0. The van der Waals surface area contributed by atoms with Gasteiger partial charge in [0.1, 0.15) is 0 Å². The van der Waals surface area contributed by atoms with Crippen LogP contribution < -0.4 is 0 Å². The van der Waals surface area contributed by atoms with Crippen LogP contribution in [-0.2, 0) is 14.3 Å². The van der Waals surface area contributed by atoms with E-state index in [1.165, 1.54) is 7.11 Å². The molecule has 0 spiro atoms. The third kappa shape index (κ3) is 3.93. The molecule has 1 rings (SSSR count). The fourth-order valence-corrected chi connectivity index (χ4v) is 0.688. The van der Waals surface area contributed by atoms with Crippen LogP contribution in [0.1, 0.15) is 6.42 Å². The number of hydrogen-bond donors (Lipinski definition) is 0. The Morgan fingerprint density at radius 3 is 2.50 bits per heavy atom. The predicted octanol–water partition coefficient (Wildman–Crippen LogP) is 1.31. The van der Waals surface area contributed by atoms with Crippen molar-refractivity contribution in [3.8, 4) is 0 Å². The smallest absolute Gasteiger partial charge is 0.333 e. The quantitative estimate of drug-likeness (QED) is 0.277. The summed E-state index contributed by atoms with van der Waals surface area (Å²) in [5.41, 5.74) is 0.491. The van der Waals surface area contributed by atoms with Gasteiger partial charge in [0.25, 0.3) is 0 Å². The van der Waals surface area contributed by atoms with E-state index in [2.05, 4.69) is 24.5 Å². The summed E-state index contributed by atoms with van der Waals surface area (Å²) in [6.07, 6.45) is 0.818. The molecule has 1 fully saturated rings. The third-order valence-electron chi connectivity index (χ3n) is 1.35. The fraction of sp³-hybridized carbons (Fsp3) is 0.444. The lowest BCUT2D eigenvalue weighted by molar-refractivity contribution is -0.136. The van der Waals surface area contributed by atoms with Crippen LogP contribution >= 0.6 is 0 Å². The van der Waals surface area contributed by atoms with Crippen molar-refractivity contribution in [2.24, 2.45) is 0 Å². The van der Waals surface area contributed by atoms with E-state index in [1.54, 1.807) is 0 Å². The van der Waals surface area contributed by atoms with Crippen molar-refractivity contribution in [3.05, 3.63) is 25.3 Å². The molecule has 0 radical (unpaired) electrons.